The van der Waals surface area contributed by atoms with Gasteiger partial charge in [0.1, 0.15) is 5.82 Å². The number of aromatic amines is 1. The Hall–Kier alpha value is -2.95. The number of amides is 1. The molecule has 134 valence electrons. The van der Waals surface area contributed by atoms with Gasteiger partial charge in [0.25, 0.3) is 0 Å². The van der Waals surface area contributed by atoms with E-state index in [-0.39, 0.29) is 36.5 Å². The Morgan fingerprint density at radius 1 is 1.00 bits per heavy atom. The van der Waals surface area contributed by atoms with Gasteiger partial charge in [-0.25, -0.2) is 4.98 Å². The van der Waals surface area contributed by atoms with Gasteiger partial charge in [0.2, 0.25) is 5.91 Å². The first-order valence-corrected chi connectivity index (χ1v) is 8.87. The summed E-state index contributed by atoms with van der Waals surface area (Å²) in [5, 5.41) is 3.02. The van der Waals surface area contributed by atoms with Gasteiger partial charge >= 0.3 is 0 Å². The fourth-order valence-corrected chi connectivity index (χ4v) is 2.91. The molecule has 3 aromatic rings. The highest BCUT2D eigenvalue weighted by Crippen LogP contribution is 2.22. The van der Waals surface area contributed by atoms with Crippen LogP contribution in [-0.4, -0.2) is 21.7 Å². The average Bonchev–Trinajstić information content (AvgIpc) is 3.08. The number of nitrogens with one attached hydrogen (secondary N) is 2. The molecule has 0 unspecified atom stereocenters. The van der Waals surface area contributed by atoms with E-state index in [0.717, 1.165) is 16.9 Å². The first kappa shape index (κ1) is 17.9. The van der Waals surface area contributed by atoms with Gasteiger partial charge in [0.05, 0.1) is 17.1 Å². The summed E-state index contributed by atoms with van der Waals surface area (Å²) in [6, 6.07) is 16.6. The smallest absolute Gasteiger partial charge is 0.221 e. The molecule has 1 amide bonds. The predicted octanol–water partition coefficient (Wildman–Crippen LogP) is 4.04. The van der Waals surface area contributed by atoms with Crippen molar-refractivity contribution in [2.75, 3.05) is 0 Å². The monoisotopic (exact) mass is 349 g/mol. The zero-order valence-electron chi connectivity index (χ0n) is 15.0. The number of ketones is 1. The third-order valence-electron chi connectivity index (χ3n) is 4.36. The van der Waals surface area contributed by atoms with Crippen molar-refractivity contribution in [3.8, 4) is 0 Å². The Balaban J connectivity index is 1.64. The van der Waals surface area contributed by atoms with Crippen molar-refractivity contribution >= 4 is 22.7 Å². The maximum absolute atomic E-state index is 12.4. The molecule has 5 heteroatoms. The van der Waals surface area contributed by atoms with Crippen molar-refractivity contribution in [3.05, 3.63) is 66.0 Å². The number of rotatable bonds is 7. The second kappa shape index (κ2) is 7.95. The van der Waals surface area contributed by atoms with Crippen molar-refractivity contribution in [3.63, 3.8) is 0 Å². The number of H-pyrrole nitrogens is 1. The normalized spacial score (nSPS) is 12.3. The van der Waals surface area contributed by atoms with Crippen LogP contribution in [0.3, 0.4) is 0 Å². The van der Waals surface area contributed by atoms with E-state index in [4.69, 9.17) is 0 Å². The highest BCUT2D eigenvalue weighted by molar-refractivity contribution is 5.97. The van der Waals surface area contributed by atoms with Crippen LogP contribution in [0.25, 0.3) is 11.0 Å². The molecule has 2 aromatic carbocycles. The van der Waals surface area contributed by atoms with Crippen LogP contribution in [0.15, 0.2) is 54.6 Å². The summed E-state index contributed by atoms with van der Waals surface area (Å²) in [7, 11) is 0. The van der Waals surface area contributed by atoms with Gasteiger partial charge in [-0.05, 0) is 18.1 Å². The minimum atomic E-state index is -0.221. The van der Waals surface area contributed by atoms with Crippen molar-refractivity contribution in [2.45, 2.75) is 32.7 Å². The fourth-order valence-electron chi connectivity index (χ4n) is 2.91. The molecule has 0 saturated heterocycles. The van der Waals surface area contributed by atoms with E-state index in [1.807, 2.05) is 56.3 Å². The van der Waals surface area contributed by atoms with Crippen LogP contribution in [0, 0.1) is 5.92 Å². The highest BCUT2D eigenvalue weighted by atomic mass is 16.2. The minimum absolute atomic E-state index is 0.0226. The quantitative estimate of drug-likeness (QED) is 0.632. The zero-order chi connectivity index (χ0) is 18.5. The minimum Gasteiger partial charge on any atom is -0.346 e. The molecule has 0 spiro atoms. The second-order valence-electron chi connectivity index (χ2n) is 6.72. The maximum atomic E-state index is 12.4. The van der Waals surface area contributed by atoms with Crippen LogP contribution in [0.4, 0.5) is 0 Å². The molecular weight excluding hydrogens is 326 g/mol. The molecule has 0 radical (unpaired) electrons. The third-order valence-corrected chi connectivity index (χ3v) is 4.36. The number of fused-ring (bicyclic) bond motifs is 1. The van der Waals surface area contributed by atoms with E-state index >= 15 is 0 Å². The molecule has 26 heavy (non-hydrogen) atoms. The fraction of sp³-hybridized carbons (Fsp3) is 0.286. The van der Waals surface area contributed by atoms with Crippen molar-refractivity contribution in [1.29, 1.82) is 0 Å². The first-order valence-electron chi connectivity index (χ1n) is 8.87. The van der Waals surface area contributed by atoms with Crippen LogP contribution in [0.2, 0.25) is 0 Å². The van der Waals surface area contributed by atoms with Crippen molar-refractivity contribution < 1.29 is 9.59 Å². The molecule has 3 rings (SSSR count). The Morgan fingerprint density at radius 2 is 1.69 bits per heavy atom. The summed E-state index contributed by atoms with van der Waals surface area (Å²) < 4.78 is 0. The lowest BCUT2D eigenvalue weighted by atomic mass is 10.0. The van der Waals surface area contributed by atoms with Crippen LogP contribution in [0.1, 0.15) is 48.9 Å². The first-order chi connectivity index (χ1) is 12.5. The van der Waals surface area contributed by atoms with Crippen molar-refractivity contribution in [1.82, 2.24) is 15.3 Å². The van der Waals surface area contributed by atoms with E-state index in [2.05, 4.69) is 15.3 Å². The lowest BCUT2D eigenvalue weighted by Gasteiger charge is -2.20. The summed E-state index contributed by atoms with van der Waals surface area (Å²) in [6.07, 6.45) is 0.359. The van der Waals surface area contributed by atoms with Gasteiger partial charge < -0.3 is 10.3 Å². The van der Waals surface area contributed by atoms with Gasteiger partial charge in [0, 0.05) is 18.4 Å². The molecule has 2 N–H and O–H groups in total. The average molecular weight is 349 g/mol. The molecule has 0 fully saturated rings. The molecule has 0 bridgehead atoms. The van der Waals surface area contributed by atoms with Crippen LogP contribution < -0.4 is 5.32 Å². The SMILES string of the molecule is CC(C)[C@H](NC(=O)CCC(=O)c1ccccc1)c1nc2ccccc2[nH]1. The van der Waals surface area contributed by atoms with Crippen LogP contribution in [-0.2, 0) is 4.79 Å². The van der Waals surface area contributed by atoms with Gasteiger partial charge in [-0.3, -0.25) is 9.59 Å². The molecule has 0 saturated carbocycles. The van der Waals surface area contributed by atoms with Gasteiger partial charge in [-0.2, -0.15) is 0 Å². The second-order valence-corrected chi connectivity index (χ2v) is 6.72. The van der Waals surface area contributed by atoms with E-state index in [0.29, 0.717) is 5.56 Å². The van der Waals surface area contributed by atoms with Gasteiger partial charge in [-0.15, -0.1) is 0 Å². The summed E-state index contributed by atoms with van der Waals surface area (Å²) in [5.74, 6) is 0.743. The molecule has 1 aromatic heterocycles. The summed E-state index contributed by atoms with van der Waals surface area (Å²) in [6.45, 7) is 4.07. The molecule has 0 aliphatic carbocycles. The van der Waals surface area contributed by atoms with Crippen LogP contribution >= 0.6 is 0 Å². The lowest BCUT2D eigenvalue weighted by Crippen LogP contribution is -2.32. The molecule has 5 nitrogen and oxygen atoms in total. The summed E-state index contributed by atoms with van der Waals surface area (Å²) in [4.78, 5) is 32.4. The Morgan fingerprint density at radius 3 is 2.38 bits per heavy atom. The van der Waals surface area contributed by atoms with Crippen LogP contribution in [0.5, 0.6) is 0 Å². The Bertz CT molecular complexity index is 867. The molecule has 0 aliphatic heterocycles. The number of benzene rings is 2. The Kier molecular flexibility index (Phi) is 5.46. The van der Waals surface area contributed by atoms with Gasteiger partial charge in [-0.1, -0.05) is 56.3 Å². The topological polar surface area (TPSA) is 74.8 Å². The number of carbonyl (C=O) groups is 2. The maximum Gasteiger partial charge on any atom is 0.221 e. The number of imidazole rings is 1. The molecular formula is C21H23N3O2. The molecule has 1 atom stereocenters. The van der Waals surface area contributed by atoms with E-state index in [9.17, 15) is 9.59 Å². The number of para-hydroxylation sites is 2. The number of hydrogen-bond acceptors (Lipinski definition) is 3. The number of Topliss-reactive ketones (excluding diaryl/α,β-unsaturated/α-hetero) is 1. The molecule has 0 aliphatic rings. The standard InChI is InChI=1S/C21H23N3O2/c1-14(2)20(21-22-16-10-6-7-11-17(16)23-21)24-19(26)13-12-18(25)15-8-4-3-5-9-15/h3-11,14,20H,12-13H2,1-2H3,(H,22,23)(H,24,26)/t20-/m0/s1. The van der Waals surface area contributed by atoms with E-state index < -0.39 is 0 Å². The number of hydrogen-bond donors (Lipinski definition) is 2. The van der Waals surface area contributed by atoms with E-state index in [1.165, 1.54) is 0 Å². The predicted molar refractivity (Wildman–Crippen MR) is 102 cm³/mol. The van der Waals surface area contributed by atoms with Gasteiger partial charge in [0.15, 0.2) is 5.78 Å². The third kappa shape index (κ3) is 4.17. The molecule has 1 heterocycles. The highest BCUT2D eigenvalue weighted by Gasteiger charge is 2.22. The van der Waals surface area contributed by atoms with Crippen molar-refractivity contribution in [2.24, 2.45) is 5.92 Å². The zero-order valence-corrected chi connectivity index (χ0v) is 15.0. The lowest BCUT2D eigenvalue weighted by molar-refractivity contribution is -0.122. The Labute approximate surface area is 152 Å². The number of carbonyl (C=O) groups excluding carboxylic acids is 2. The summed E-state index contributed by atoms with van der Waals surface area (Å²) >= 11 is 0. The number of aromatic nitrogens is 2. The summed E-state index contributed by atoms with van der Waals surface area (Å²) in [5.41, 5.74) is 2.46. The van der Waals surface area contributed by atoms with E-state index in [1.54, 1.807) is 12.1 Å². The largest absolute Gasteiger partial charge is 0.346 e. The number of nitrogens with zero attached hydrogens (tertiary/aromatic N) is 1.